The quantitative estimate of drug-likeness (QED) is 0.463. The van der Waals surface area contributed by atoms with Crippen LogP contribution in [0.1, 0.15) is 36.0 Å². The number of fused-ring (bicyclic) bond motifs is 2. The fraction of sp³-hybridized carbons (Fsp3) is 0.407. The second-order valence-electron chi connectivity index (χ2n) is 9.67. The number of amides is 1. The van der Waals surface area contributed by atoms with Crippen LogP contribution in [-0.4, -0.2) is 65.9 Å². The molecule has 8 nitrogen and oxygen atoms in total. The molecular weight excluding hydrogens is 444 g/mol. The van der Waals surface area contributed by atoms with E-state index < -0.39 is 6.10 Å². The van der Waals surface area contributed by atoms with Gasteiger partial charge in [0.05, 0.1) is 22.9 Å². The Balaban J connectivity index is 1.42. The molecule has 0 bridgehead atoms. The van der Waals surface area contributed by atoms with Gasteiger partial charge in [-0.25, -0.2) is 0 Å². The largest absolute Gasteiger partial charge is 0.451 e. The van der Waals surface area contributed by atoms with Crippen LogP contribution in [0.2, 0.25) is 0 Å². The average Bonchev–Trinajstić information content (AvgIpc) is 3.39. The first kappa shape index (κ1) is 22.1. The van der Waals surface area contributed by atoms with E-state index in [1.807, 2.05) is 34.9 Å². The maximum absolute atomic E-state index is 13.5. The number of nitrogens with one attached hydrogen (secondary N) is 1. The van der Waals surface area contributed by atoms with Crippen LogP contribution in [-0.2, 0) is 0 Å². The van der Waals surface area contributed by atoms with Crippen molar-refractivity contribution in [3.05, 3.63) is 58.4 Å². The molecule has 0 radical (unpaired) electrons. The van der Waals surface area contributed by atoms with Crippen LogP contribution in [0.3, 0.4) is 0 Å². The smallest absolute Gasteiger partial charge is 0.256 e. The first-order valence-corrected chi connectivity index (χ1v) is 12.5. The summed E-state index contributed by atoms with van der Waals surface area (Å²) in [6, 6.07) is 11.3. The summed E-state index contributed by atoms with van der Waals surface area (Å²) in [5.41, 5.74) is 2.11. The van der Waals surface area contributed by atoms with Crippen LogP contribution < -0.4 is 20.4 Å². The van der Waals surface area contributed by atoms with Crippen molar-refractivity contribution in [1.82, 2.24) is 14.8 Å². The normalized spacial score (nSPS) is 19.5. The van der Waals surface area contributed by atoms with Crippen LogP contribution in [0, 0.1) is 0 Å². The minimum Gasteiger partial charge on any atom is -0.451 e. The van der Waals surface area contributed by atoms with Gasteiger partial charge in [-0.05, 0) is 63.0 Å². The molecule has 6 rings (SSSR count). The first-order chi connectivity index (χ1) is 17.1. The van der Waals surface area contributed by atoms with Crippen LogP contribution in [0.5, 0.6) is 11.5 Å². The number of likely N-dealkylation sites (tertiary alicyclic amines) is 1. The van der Waals surface area contributed by atoms with Crippen molar-refractivity contribution in [3.8, 4) is 17.2 Å². The van der Waals surface area contributed by atoms with Crippen molar-refractivity contribution in [2.24, 2.45) is 0 Å². The van der Waals surface area contributed by atoms with Gasteiger partial charge in [0, 0.05) is 32.4 Å². The number of aliphatic hydroxyl groups is 1. The van der Waals surface area contributed by atoms with E-state index in [0.717, 1.165) is 50.4 Å². The van der Waals surface area contributed by atoms with Crippen molar-refractivity contribution < 1.29 is 14.6 Å². The third-order valence-electron chi connectivity index (χ3n) is 7.33. The second-order valence-corrected chi connectivity index (χ2v) is 9.67. The summed E-state index contributed by atoms with van der Waals surface area (Å²) < 4.78 is 8.26. The van der Waals surface area contributed by atoms with Crippen LogP contribution in [0.4, 0.5) is 5.69 Å². The molecule has 3 aliphatic rings. The highest BCUT2D eigenvalue weighted by Crippen LogP contribution is 2.45. The van der Waals surface area contributed by atoms with Gasteiger partial charge in [-0.1, -0.05) is 12.1 Å². The predicted octanol–water partition coefficient (Wildman–Crippen LogP) is 2.88. The Hall–Kier alpha value is -3.36. The van der Waals surface area contributed by atoms with Gasteiger partial charge in [0.25, 0.3) is 5.91 Å². The topological polar surface area (TPSA) is 87.0 Å². The Labute approximate surface area is 203 Å². The van der Waals surface area contributed by atoms with E-state index in [0.29, 0.717) is 35.5 Å². The monoisotopic (exact) mass is 474 g/mol. The van der Waals surface area contributed by atoms with E-state index in [-0.39, 0.29) is 16.9 Å². The molecule has 35 heavy (non-hydrogen) atoms. The number of aromatic nitrogens is 1. The Kier molecular flexibility index (Phi) is 5.70. The summed E-state index contributed by atoms with van der Waals surface area (Å²) >= 11 is 0. The summed E-state index contributed by atoms with van der Waals surface area (Å²) in [5, 5.41) is 13.6. The number of para-hydroxylation sites is 2. The molecular formula is C27H30N4O4. The van der Waals surface area contributed by atoms with E-state index >= 15 is 0 Å². The number of benzene rings is 2. The fourth-order valence-corrected chi connectivity index (χ4v) is 5.54. The molecule has 0 spiro atoms. The molecule has 1 unspecified atom stereocenters. The zero-order chi connectivity index (χ0) is 23.9. The van der Waals surface area contributed by atoms with E-state index in [1.54, 1.807) is 12.3 Å². The summed E-state index contributed by atoms with van der Waals surface area (Å²) in [7, 11) is 0. The number of hydrogen-bond donors (Lipinski definition) is 2. The van der Waals surface area contributed by atoms with E-state index in [1.165, 1.54) is 12.8 Å². The van der Waals surface area contributed by atoms with Crippen molar-refractivity contribution in [1.29, 1.82) is 0 Å². The van der Waals surface area contributed by atoms with Crippen LogP contribution in [0.15, 0.2) is 47.4 Å². The Morgan fingerprint density at radius 1 is 1.06 bits per heavy atom. The van der Waals surface area contributed by atoms with Gasteiger partial charge >= 0.3 is 0 Å². The number of aliphatic hydroxyl groups excluding tert-OH is 1. The summed E-state index contributed by atoms with van der Waals surface area (Å²) in [5.74, 6) is 0.900. The number of pyridine rings is 1. The van der Waals surface area contributed by atoms with Gasteiger partial charge in [-0.3, -0.25) is 9.59 Å². The Bertz CT molecular complexity index is 1340. The molecule has 0 saturated carbocycles. The van der Waals surface area contributed by atoms with Gasteiger partial charge in [-0.2, -0.15) is 0 Å². The molecule has 3 aromatic rings. The summed E-state index contributed by atoms with van der Waals surface area (Å²) in [6.45, 7) is 4.76. The lowest BCUT2D eigenvalue weighted by Gasteiger charge is -2.34. The molecule has 1 aromatic heterocycles. The number of carbonyl (C=O) groups excluding carboxylic acids is 1. The molecule has 2 aromatic carbocycles. The summed E-state index contributed by atoms with van der Waals surface area (Å²) in [4.78, 5) is 31.0. The lowest BCUT2D eigenvalue weighted by molar-refractivity contribution is 0.0948. The number of rotatable bonds is 5. The van der Waals surface area contributed by atoms with Crippen molar-refractivity contribution in [3.63, 3.8) is 0 Å². The highest BCUT2D eigenvalue weighted by Gasteiger charge is 2.29. The highest BCUT2D eigenvalue weighted by atomic mass is 16.5. The molecule has 4 heterocycles. The van der Waals surface area contributed by atoms with Crippen molar-refractivity contribution in [2.45, 2.75) is 31.8 Å². The first-order valence-electron chi connectivity index (χ1n) is 12.5. The van der Waals surface area contributed by atoms with Crippen molar-refractivity contribution in [2.75, 3.05) is 44.2 Å². The lowest BCUT2D eigenvalue weighted by atomic mass is 10.0. The van der Waals surface area contributed by atoms with E-state index in [4.69, 9.17) is 4.74 Å². The SMILES string of the molecule is O=C(NCCN1CCCC1)c1cn2c3c(c(N4CCCC(O)C4)ccc3c1=O)Oc1ccccc1-2. The maximum atomic E-state index is 13.5. The molecule has 1 atom stereocenters. The lowest BCUT2D eigenvalue weighted by Crippen LogP contribution is -2.38. The average molecular weight is 475 g/mol. The third-order valence-corrected chi connectivity index (χ3v) is 7.33. The number of piperidine rings is 1. The minimum atomic E-state index is -0.392. The Morgan fingerprint density at radius 2 is 1.89 bits per heavy atom. The number of carbonyl (C=O) groups is 1. The van der Waals surface area contributed by atoms with E-state index in [2.05, 4.69) is 15.1 Å². The standard InChI is InChI=1S/C27H30N4O4/c32-18-6-5-14-30(16-18)22-10-9-19-24-26(22)35-23-8-2-1-7-21(23)31(24)17-20(25(19)33)27(34)28-11-15-29-12-3-4-13-29/h1-2,7-10,17-18,32H,3-6,11-16H2,(H,28,34). The number of nitrogens with zero attached hydrogens (tertiary/aromatic N) is 3. The molecule has 8 heteroatoms. The number of β-amino-alcohol motifs (C(OH)–C–C–N with tert-alkyl or cyclic N) is 1. The van der Waals surface area contributed by atoms with E-state index in [9.17, 15) is 14.7 Å². The molecule has 2 N–H and O–H groups in total. The zero-order valence-corrected chi connectivity index (χ0v) is 19.7. The zero-order valence-electron chi connectivity index (χ0n) is 19.7. The number of ether oxygens (including phenoxy) is 1. The highest BCUT2D eigenvalue weighted by molar-refractivity contribution is 6.01. The summed E-state index contributed by atoms with van der Waals surface area (Å²) in [6.07, 6.45) is 5.33. The van der Waals surface area contributed by atoms with Crippen LogP contribution in [0.25, 0.3) is 16.6 Å². The molecule has 182 valence electrons. The van der Waals surface area contributed by atoms with Gasteiger partial charge in [0.2, 0.25) is 5.43 Å². The Morgan fingerprint density at radius 3 is 2.71 bits per heavy atom. The fourth-order valence-electron chi connectivity index (χ4n) is 5.54. The predicted molar refractivity (Wildman–Crippen MR) is 135 cm³/mol. The molecule has 2 fully saturated rings. The number of hydrogen-bond acceptors (Lipinski definition) is 6. The van der Waals surface area contributed by atoms with Gasteiger partial charge in [0.1, 0.15) is 11.1 Å². The van der Waals surface area contributed by atoms with Gasteiger partial charge in [-0.15, -0.1) is 0 Å². The minimum absolute atomic E-state index is 0.128. The van der Waals surface area contributed by atoms with Crippen molar-refractivity contribution >= 4 is 22.5 Å². The molecule has 3 aliphatic heterocycles. The third kappa shape index (κ3) is 3.96. The number of anilines is 1. The maximum Gasteiger partial charge on any atom is 0.256 e. The van der Waals surface area contributed by atoms with Gasteiger partial charge < -0.3 is 29.5 Å². The molecule has 2 saturated heterocycles. The molecule has 0 aliphatic carbocycles. The van der Waals surface area contributed by atoms with Crippen LogP contribution >= 0.6 is 0 Å². The second kappa shape index (κ2) is 9.02. The molecule has 1 amide bonds. The van der Waals surface area contributed by atoms with Gasteiger partial charge in [0.15, 0.2) is 11.5 Å².